The lowest BCUT2D eigenvalue weighted by Gasteiger charge is -2.11. The smallest absolute Gasteiger partial charge is 0.274 e. The minimum Gasteiger partial charge on any atom is -0.320 e. The zero-order chi connectivity index (χ0) is 20.4. The molecule has 2 aromatic heterocycles. The van der Waals surface area contributed by atoms with E-state index in [1.165, 1.54) is 11.3 Å². The fourth-order valence-corrected chi connectivity index (χ4v) is 3.88. The molecular formula is C22H18N4O2S. The first-order valence-electron chi connectivity index (χ1n) is 9.02. The molecular weight excluding hydrogens is 384 g/mol. The van der Waals surface area contributed by atoms with Crippen molar-refractivity contribution in [2.24, 2.45) is 0 Å². The van der Waals surface area contributed by atoms with E-state index in [0.717, 1.165) is 21.3 Å². The van der Waals surface area contributed by atoms with Crippen molar-refractivity contribution >= 4 is 44.2 Å². The number of carbonyl (C=O) groups is 2. The van der Waals surface area contributed by atoms with Gasteiger partial charge in [-0.15, -0.1) is 0 Å². The summed E-state index contributed by atoms with van der Waals surface area (Å²) in [7, 11) is 0. The number of nitrogens with zero attached hydrogens (tertiary/aromatic N) is 2. The molecule has 0 aliphatic rings. The molecule has 7 heteroatoms. The van der Waals surface area contributed by atoms with E-state index in [9.17, 15) is 9.59 Å². The molecule has 0 radical (unpaired) electrons. The molecule has 2 aromatic carbocycles. The molecule has 6 nitrogen and oxygen atoms in total. The zero-order valence-corrected chi connectivity index (χ0v) is 16.7. The number of rotatable bonds is 4. The second-order valence-electron chi connectivity index (χ2n) is 6.61. The Morgan fingerprint density at radius 3 is 2.55 bits per heavy atom. The van der Waals surface area contributed by atoms with Gasteiger partial charge in [0.15, 0.2) is 5.13 Å². The Labute approximate surface area is 171 Å². The molecule has 144 valence electrons. The van der Waals surface area contributed by atoms with Gasteiger partial charge in [-0.2, -0.15) is 0 Å². The van der Waals surface area contributed by atoms with Crippen molar-refractivity contribution in [2.75, 3.05) is 10.6 Å². The van der Waals surface area contributed by atoms with Crippen LogP contribution in [0.4, 0.5) is 10.8 Å². The standard InChI is InChI=1S/C22H18N4O2S/c1-13-9-10-16(24-21(28)17-7-3-4-11-23-17)15(12-13)20(27)26-22-25-19-14(2)6-5-8-18(19)29-22/h3-12H,1-2H3,(H,24,28)(H,25,26,27). The fourth-order valence-electron chi connectivity index (χ4n) is 2.94. The molecule has 0 aliphatic carbocycles. The number of thiazole rings is 1. The number of amides is 2. The molecule has 0 saturated carbocycles. The van der Waals surface area contributed by atoms with Gasteiger partial charge in [0.2, 0.25) is 0 Å². The van der Waals surface area contributed by atoms with Gasteiger partial charge in [0.25, 0.3) is 11.8 Å². The predicted octanol–water partition coefficient (Wildman–Crippen LogP) is 4.81. The molecule has 0 aliphatic heterocycles. The van der Waals surface area contributed by atoms with Gasteiger partial charge < -0.3 is 5.32 Å². The number of para-hydroxylation sites is 1. The van der Waals surface area contributed by atoms with Crippen LogP contribution in [0.2, 0.25) is 0 Å². The average molecular weight is 402 g/mol. The second kappa shape index (κ2) is 7.81. The van der Waals surface area contributed by atoms with Gasteiger partial charge in [-0.1, -0.05) is 41.2 Å². The summed E-state index contributed by atoms with van der Waals surface area (Å²) in [6, 6.07) is 16.3. The van der Waals surface area contributed by atoms with E-state index in [1.807, 2.05) is 38.1 Å². The maximum Gasteiger partial charge on any atom is 0.274 e. The van der Waals surface area contributed by atoms with Gasteiger partial charge in [-0.3, -0.25) is 19.9 Å². The fraction of sp³-hybridized carbons (Fsp3) is 0.0909. The van der Waals surface area contributed by atoms with Crippen molar-refractivity contribution in [3.63, 3.8) is 0 Å². The molecule has 4 aromatic rings. The van der Waals surface area contributed by atoms with E-state index < -0.39 is 0 Å². The van der Waals surface area contributed by atoms with Crippen LogP contribution in [0.1, 0.15) is 32.0 Å². The van der Waals surface area contributed by atoms with Crippen LogP contribution in [0.5, 0.6) is 0 Å². The van der Waals surface area contributed by atoms with Crippen LogP contribution in [0, 0.1) is 13.8 Å². The zero-order valence-electron chi connectivity index (χ0n) is 15.9. The van der Waals surface area contributed by atoms with Gasteiger partial charge in [0.05, 0.1) is 21.5 Å². The first-order chi connectivity index (χ1) is 14.0. The summed E-state index contributed by atoms with van der Waals surface area (Å²) in [5.74, 6) is -0.708. The quantitative estimate of drug-likeness (QED) is 0.513. The van der Waals surface area contributed by atoms with Crippen molar-refractivity contribution in [1.29, 1.82) is 0 Å². The van der Waals surface area contributed by atoms with Gasteiger partial charge in [0.1, 0.15) is 5.69 Å². The summed E-state index contributed by atoms with van der Waals surface area (Å²) >= 11 is 1.41. The first-order valence-corrected chi connectivity index (χ1v) is 9.83. The van der Waals surface area contributed by atoms with E-state index in [0.29, 0.717) is 16.4 Å². The number of anilines is 2. The molecule has 2 heterocycles. The van der Waals surface area contributed by atoms with Gasteiger partial charge in [-0.25, -0.2) is 4.98 Å². The molecule has 0 spiro atoms. The van der Waals surface area contributed by atoms with Crippen LogP contribution in [0.3, 0.4) is 0 Å². The number of fused-ring (bicyclic) bond motifs is 1. The predicted molar refractivity (Wildman–Crippen MR) is 116 cm³/mol. The van der Waals surface area contributed by atoms with Crippen molar-refractivity contribution in [2.45, 2.75) is 13.8 Å². The monoisotopic (exact) mass is 402 g/mol. The molecule has 0 fully saturated rings. The number of aromatic nitrogens is 2. The van der Waals surface area contributed by atoms with Crippen LogP contribution in [-0.2, 0) is 0 Å². The molecule has 0 atom stereocenters. The largest absolute Gasteiger partial charge is 0.320 e. The van der Waals surface area contributed by atoms with Gasteiger partial charge >= 0.3 is 0 Å². The topological polar surface area (TPSA) is 84.0 Å². The van der Waals surface area contributed by atoms with Crippen molar-refractivity contribution < 1.29 is 9.59 Å². The van der Waals surface area contributed by atoms with Crippen LogP contribution in [0.25, 0.3) is 10.2 Å². The Morgan fingerprint density at radius 2 is 1.79 bits per heavy atom. The Hall–Kier alpha value is -3.58. The molecule has 0 saturated heterocycles. The van der Waals surface area contributed by atoms with E-state index in [4.69, 9.17) is 0 Å². The van der Waals surface area contributed by atoms with Crippen molar-refractivity contribution in [3.8, 4) is 0 Å². The molecule has 0 unspecified atom stereocenters. The highest BCUT2D eigenvalue weighted by Crippen LogP contribution is 2.29. The third-order valence-electron chi connectivity index (χ3n) is 4.41. The lowest BCUT2D eigenvalue weighted by molar-refractivity contribution is 0.102. The van der Waals surface area contributed by atoms with Crippen molar-refractivity contribution in [1.82, 2.24) is 9.97 Å². The second-order valence-corrected chi connectivity index (χ2v) is 7.64. The number of carbonyl (C=O) groups excluding carboxylic acids is 2. The first kappa shape index (κ1) is 18.8. The van der Waals surface area contributed by atoms with Crippen LogP contribution in [0.15, 0.2) is 60.8 Å². The Balaban J connectivity index is 1.61. The number of nitrogens with one attached hydrogen (secondary N) is 2. The van der Waals surface area contributed by atoms with E-state index in [1.54, 1.807) is 36.5 Å². The highest BCUT2D eigenvalue weighted by atomic mass is 32.1. The average Bonchev–Trinajstić information content (AvgIpc) is 3.13. The lowest BCUT2D eigenvalue weighted by atomic mass is 10.1. The van der Waals surface area contributed by atoms with Crippen LogP contribution >= 0.6 is 11.3 Å². The van der Waals surface area contributed by atoms with Crippen LogP contribution < -0.4 is 10.6 Å². The number of benzene rings is 2. The molecule has 0 bridgehead atoms. The summed E-state index contributed by atoms with van der Waals surface area (Å²) in [4.78, 5) is 34.0. The SMILES string of the molecule is Cc1ccc(NC(=O)c2ccccn2)c(C(=O)Nc2nc3c(C)cccc3s2)c1. The van der Waals surface area contributed by atoms with Gasteiger partial charge in [-0.05, 0) is 49.7 Å². The van der Waals surface area contributed by atoms with Crippen molar-refractivity contribution in [3.05, 3.63) is 83.2 Å². The Morgan fingerprint density at radius 1 is 0.931 bits per heavy atom. The van der Waals surface area contributed by atoms with E-state index >= 15 is 0 Å². The third kappa shape index (κ3) is 4.00. The van der Waals surface area contributed by atoms with E-state index in [2.05, 4.69) is 20.6 Å². The summed E-state index contributed by atoms with van der Waals surface area (Å²) < 4.78 is 1.01. The number of hydrogen-bond donors (Lipinski definition) is 2. The molecule has 4 rings (SSSR count). The third-order valence-corrected chi connectivity index (χ3v) is 5.34. The van der Waals surface area contributed by atoms with E-state index in [-0.39, 0.29) is 17.5 Å². The lowest BCUT2D eigenvalue weighted by Crippen LogP contribution is -2.19. The summed E-state index contributed by atoms with van der Waals surface area (Å²) in [5, 5.41) is 6.15. The minimum atomic E-state index is -0.376. The number of hydrogen-bond acceptors (Lipinski definition) is 5. The molecule has 29 heavy (non-hydrogen) atoms. The van der Waals surface area contributed by atoms with Crippen LogP contribution in [-0.4, -0.2) is 21.8 Å². The van der Waals surface area contributed by atoms with Gasteiger partial charge in [0, 0.05) is 6.20 Å². The highest BCUT2D eigenvalue weighted by Gasteiger charge is 2.17. The Kier molecular flexibility index (Phi) is 5.05. The summed E-state index contributed by atoms with van der Waals surface area (Å²) in [6.07, 6.45) is 1.55. The molecule has 2 N–H and O–H groups in total. The summed E-state index contributed by atoms with van der Waals surface area (Å²) in [5.41, 5.74) is 3.90. The number of pyridine rings is 1. The number of aryl methyl sites for hydroxylation is 2. The maximum absolute atomic E-state index is 13.0. The maximum atomic E-state index is 13.0. The summed E-state index contributed by atoms with van der Waals surface area (Å²) in [6.45, 7) is 3.88. The highest BCUT2D eigenvalue weighted by molar-refractivity contribution is 7.22. The normalized spacial score (nSPS) is 10.7. The minimum absolute atomic E-state index is 0.279. The molecule has 2 amide bonds. The Bertz CT molecular complexity index is 1220.